The van der Waals surface area contributed by atoms with Crippen LogP contribution < -0.4 is 5.73 Å². The summed E-state index contributed by atoms with van der Waals surface area (Å²) < 4.78 is 13.0. The number of nitrogens with two attached hydrogens (primary N) is 1. The van der Waals surface area contributed by atoms with Crippen molar-refractivity contribution in [1.82, 2.24) is 4.90 Å². The average Bonchev–Trinajstić information content (AvgIpc) is 3.15. The van der Waals surface area contributed by atoms with Gasteiger partial charge in [0.05, 0.1) is 12.1 Å². The lowest BCUT2D eigenvalue weighted by atomic mass is 10.0. The topological polar surface area (TPSA) is 64.8 Å². The standard InChI is InChI=1S/C29H44N2O3Si/c1-28(2,3)33-27(32)31-24(20-21-14-16-23(30)17-15-21)18-19-25(31)26(22-12-10-9-11-13-22)34-35(7,8)29(4,5)6/h9-17,24-26H,18-20,30H2,1-8H3/t24-,25-,26-/m1/s1. The van der Waals surface area contributed by atoms with Crippen molar-refractivity contribution in [3.05, 3.63) is 65.7 Å². The van der Waals surface area contributed by atoms with Crippen LogP contribution in [0.4, 0.5) is 10.5 Å². The molecule has 0 saturated carbocycles. The minimum Gasteiger partial charge on any atom is -0.444 e. The van der Waals surface area contributed by atoms with Gasteiger partial charge in [-0.2, -0.15) is 0 Å². The van der Waals surface area contributed by atoms with Gasteiger partial charge >= 0.3 is 6.09 Å². The molecule has 0 aromatic heterocycles. The van der Waals surface area contributed by atoms with Crippen LogP contribution in [0.3, 0.4) is 0 Å². The molecular weight excluding hydrogens is 452 g/mol. The Morgan fingerprint density at radius 1 is 1.00 bits per heavy atom. The van der Waals surface area contributed by atoms with Crippen LogP contribution in [-0.4, -0.2) is 37.0 Å². The zero-order valence-electron chi connectivity index (χ0n) is 22.8. The molecule has 192 valence electrons. The number of nitrogens with zero attached hydrogens (tertiary/aromatic N) is 1. The first-order valence-electron chi connectivity index (χ1n) is 12.8. The van der Waals surface area contributed by atoms with Gasteiger partial charge in [-0.3, -0.25) is 4.90 Å². The highest BCUT2D eigenvalue weighted by atomic mass is 28.4. The third kappa shape index (κ3) is 6.89. The first-order chi connectivity index (χ1) is 16.2. The van der Waals surface area contributed by atoms with Crippen LogP contribution >= 0.6 is 0 Å². The Balaban J connectivity index is 2.00. The molecule has 1 saturated heterocycles. The van der Waals surface area contributed by atoms with E-state index in [1.54, 1.807) is 0 Å². The molecule has 3 rings (SSSR count). The fourth-order valence-electron chi connectivity index (χ4n) is 4.44. The molecule has 1 aliphatic rings. The molecule has 2 aromatic rings. The minimum atomic E-state index is -2.12. The molecule has 2 aromatic carbocycles. The summed E-state index contributed by atoms with van der Waals surface area (Å²) in [5.74, 6) is 0. The van der Waals surface area contributed by atoms with Crippen LogP contribution in [0.2, 0.25) is 18.1 Å². The van der Waals surface area contributed by atoms with Gasteiger partial charge in [-0.15, -0.1) is 0 Å². The van der Waals surface area contributed by atoms with Crippen molar-refractivity contribution in [3.8, 4) is 0 Å². The van der Waals surface area contributed by atoms with E-state index in [1.165, 1.54) is 5.56 Å². The average molecular weight is 497 g/mol. The number of likely N-dealkylation sites (tertiary alicyclic amines) is 1. The van der Waals surface area contributed by atoms with Gasteiger partial charge in [-0.05, 0) is 81.4 Å². The number of amides is 1. The molecule has 0 aliphatic carbocycles. The number of hydrogen-bond acceptors (Lipinski definition) is 4. The van der Waals surface area contributed by atoms with Gasteiger partial charge in [-0.25, -0.2) is 4.79 Å². The van der Waals surface area contributed by atoms with E-state index in [4.69, 9.17) is 14.9 Å². The Bertz CT molecular complexity index is 978. The molecule has 1 aliphatic heterocycles. The molecule has 0 unspecified atom stereocenters. The second-order valence-corrected chi connectivity index (χ2v) is 17.1. The lowest BCUT2D eigenvalue weighted by Gasteiger charge is -2.43. The molecule has 1 fully saturated rings. The van der Waals surface area contributed by atoms with Crippen LogP contribution in [0.5, 0.6) is 0 Å². The number of carbonyl (C=O) groups is 1. The predicted molar refractivity (Wildman–Crippen MR) is 147 cm³/mol. The molecule has 1 heterocycles. The molecule has 0 spiro atoms. The number of hydrogen-bond donors (Lipinski definition) is 1. The van der Waals surface area contributed by atoms with Crippen molar-refractivity contribution in [2.75, 3.05) is 5.73 Å². The van der Waals surface area contributed by atoms with E-state index in [2.05, 4.69) is 70.3 Å². The first-order valence-corrected chi connectivity index (χ1v) is 15.7. The van der Waals surface area contributed by atoms with Crippen molar-refractivity contribution < 1.29 is 14.0 Å². The molecule has 6 heteroatoms. The smallest absolute Gasteiger partial charge is 0.410 e. The molecule has 35 heavy (non-hydrogen) atoms. The summed E-state index contributed by atoms with van der Waals surface area (Å²) in [6.45, 7) is 17.1. The van der Waals surface area contributed by atoms with Gasteiger partial charge in [-0.1, -0.05) is 63.2 Å². The second kappa shape index (κ2) is 10.4. The SMILES string of the molecule is CC(C)(C)OC(=O)N1[C@@H](Cc2ccc(N)cc2)CC[C@@H]1[C@H](O[Si](C)(C)C(C)(C)C)c1ccccc1. The molecule has 2 N–H and O–H groups in total. The number of anilines is 1. The zero-order chi connectivity index (χ0) is 26.0. The third-order valence-electron chi connectivity index (χ3n) is 7.31. The highest BCUT2D eigenvalue weighted by Gasteiger charge is 2.47. The van der Waals surface area contributed by atoms with Crippen LogP contribution in [0.15, 0.2) is 54.6 Å². The third-order valence-corrected chi connectivity index (χ3v) is 11.8. The van der Waals surface area contributed by atoms with Crippen LogP contribution in [-0.2, 0) is 15.6 Å². The Morgan fingerprint density at radius 2 is 1.60 bits per heavy atom. The molecular formula is C29H44N2O3Si. The van der Waals surface area contributed by atoms with Gasteiger partial charge in [0.15, 0.2) is 8.32 Å². The van der Waals surface area contributed by atoms with Gasteiger partial charge in [0.1, 0.15) is 5.60 Å². The zero-order valence-corrected chi connectivity index (χ0v) is 23.8. The number of ether oxygens (including phenoxy) is 1. The van der Waals surface area contributed by atoms with E-state index in [0.29, 0.717) is 0 Å². The summed E-state index contributed by atoms with van der Waals surface area (Å²) in [6, 6.07) is 18.3. The van der Waals surface area contributed by atoms with E-state index in [1.807, 2.05) is 43.9 Å². The summed E-state index contributed by atoms with van der Waals surface area (Å²) in [6.07, 6.45) is 2.06. The number of rotatable bonds is 6. The van der Waals surface area contributed by atoms with Crippen molar-refractivity contribution in [2.45, 2.75) is 103 Å². The van der Waals surface area contributed by atoms with Crippen LogP contribution in [0.1, 0.15) is 71.6 Å². The monoisotopic (exact) mass is 496 g/mol. The number of carbonyl (C=O) groups excluding carboxylic acids is 1. The Labute approximate surface area is 213 Å². The fraction of sp³-hybridized carbons (Fsp3) is 0.552. The van der Waals surface area contributed by atoms with Crippen molar-refractivity contribution in [1.29, 1.82) is 0 Å². The largest absolute Gasteiger partial charge is 0.444 e. The van der Waals surface area contributed by atoms with E-state index in [9.17, 15) is 4.79 Å². The predicted octanol–water partition coefficient (Wildman–Crippen LogP) is 7.34. The highest BCUT2D eigenvalue weighted by Crippen LogP contribution is 2.44. The molecule has 1 amide bonds. The molecule has 5 nitrogen and oxygen atoms in total. The maximum atomic E-state index is 13.7. The quantitative estimate of drug-likeness (QED) is 0.335. The maximum Gasteiger partial charge on any atom is 0.410 e. The maximum absolute atomic E-state index is 13.7. The van der Waals surface area contributed by atoms with Crippen molar-refractivity contribution >= 4 is 20.1 Å². The lowest BCUT2D eigenvalue weighted by molar-refractivity contribution is -0.00238. The first kappa shape index (κ1) is 27.3. The van der Waals surface area contributed by atoms with E-state index in [0.717, 1.165) is 30.5 Å². The van der Waals surface area contributed by atoms with E-state index < -0.39 is 13.9 Å². The highest BCUT2D eigenvalue weighted by molar-refractivity contribution is 6.74. The summed E-state index contributed by atoms with van der Waals surface area (Å²) >= 11 is 0. The summed E-state index contributed by atoms with van der Waals surface area (Å²) in [4.78, 5) is 15.6. The van der Waals surface area contributed by atoms with E-state index in [-0.39, 0.29) is 29.3 Å². The minimum absolute atomic E-state index is 0.0349. The molecule has 0 radical (unpaired) electrons. The van der Waals surface area contributed by atoms with Crippen molar-refractivity contribution in [2.24, 2.45) is 0 Å². The lowest BCUT2D eigenvalue weighted by Crippen LogP contribution is -2.50. The van der Waals surface area contributed by atoms with Crippen LogP contribution in [0.25, 0.3) is 0 Å². The molecule has 0 bridgehead atoms. The van der Waals surface area contributed by atoms with E-state index >= 15 is 0 Å². The van der Waals surface area contributed by atoms with Crippen molar-refractivity contribution in [3.63, 3.8) is 0 Å². The van der Waals surface area contributed by atoms with Gasteiger partial charge in [0.25, 0.3) is 0 Å². The summed E-state index contributed by atoms with van der Waals surface area (Å²) in [5.41, 5.74) is 8.36. The summed E-state index contributed by atoms with van der Waals surface area (Å²) in [5, 5.41) is 0.0543. The van der Waals surface area contributed by atoms with Crippen LogP contribution in [0, 0.1) is 0 Å². The Morgan fingerprint density at radius 3 is 2.14 bits per heavy atom. The molecule has 3 atom stereocenters. The fourth-order valence-corrected chi connectivity index (χ4v) is 5.72. The van der Waals surface area contributed by atoms with Gasteiger partial charge in [0.2, 0.25) is 0 Å². The second-order valence-electron chi connectivity index (χ2n) is 12.3. The number of nitrogen functional groups attached to an aromatic ring is 1. The Kier molecular flexibility index (Phi) is 8.07. The number of benzene rings is 2. The van der Waals surface area contributed by atoms with Gasteiger partial charge < -0.3 is 14.9 Å². The summed E-state index contributed by atoms with van der Waals surface area (Å²) in [7, 11) is -2.12. The Hall–Kier alpha value is -2.31. The van der Waals surface area contributed by atoms with Gasteiger partial charge in [0, 0.05) is 11.7 Å². The normalized spacial score (nSPS) is 20.1.